The molecule has 17 heavy (non-hydrogen) atoms. The fourth-order valence-corrected chi connectivity index (χ4v) is 2.41. The van der Waals surface area contributed by atoms with Crippen molar-refractivity contribution < 1.29 is 4.74 Å². The van der Waals surface area contributed by atoms with Crippen LogP contribution < -0.4 is 5.32 Å². The van der Waals surface area contributed by atoms with Gasteiger partial charge in [-0.15, -0.1) is 0 Å². The molecule has 0 radical (unpaired) electrons. The van der Waals surface area contributed by atoms with Crippen LogP contribution in [-0.4, -0.2) is 13.2 Å². The van der Waals surface area contributed by atoms with Crippen LogP contribution in [0.5, 0.6) is 0 Å². The van der Waals surface area contributed by atoms with Crippen LogP contribution in [0.1, 0.15) is 38.7 Å². The first-order chi connectivity index (χ1) is 8.22. The Morgan fingerprint density at radius 2 is 2.12 bits per heavy atom. The molecule has 0 aromatic heterocycles. The predicted molar refractivity (Wildman–Crippen MR) is 77.5 cm³/mol. The van der Waals surface area contributed by atoms with Crippen molar-refractivity contribution in [2.75, 3.05) is 12.4 Å². The van der Waals surface area contributed by atoms with Gasteiger partial charge in [0.05, 0.1) is 6.61 Å². The van der Waals surface area contributed by atoms with Crippen molar-refractivity contribution in [1.29, 1.82) is 0 Å². The van der Waals surface area contributed by atoms with Crippen molar-refractivity contribution in [3.05, 3.63) is 28.2 Å². The van der Waals surface area contributed by atoms with Gasteiger partial charge in [-0.1, -0.05) is 42.3 Å². The molecule has 0 amide bonds. The second kappa shape index (κ2) is 7.72. The van der Waals surface area contributed by atoms with Gasteiger partial charge in [0.15, 0.2) is 0 Å². The number of ether oxygens (including phenoxy) is 1. The number of hydrogen-bond donors (Lipinski definition) is 1. The zero-order valence-electron chi connectivity index (χ0n) is 10.9. The lowest BCUT2D eigenvalue weighted by molar-refractivity contribution is 0.185. The molecule has 1 aromatic rings. The second-order valence-corrected chi connectivity index (χ2v) is 5.09. The molecule has 0 bridgehead atoms. The van der Waals surface area contributed by atoms with Crippen LogP contribution in [-0.2, 0) is 11.3 Å². The zero-order chi connectivity index (χ0) is 12.7. The fourth-order valence-electron chi connectivity index (χ4n) is 1.93. The summed E-state index contributed by atoms with van der Waals surface area (Å²) >= 11 is 3.58. The van der Waals surface area contributed by atoms with Gasteiger partial charge in [0.1, 0.15) is 0 Å². The standard InChI is InChI=1S/C14H22BrNO/c1-4-7-11(5-2)16-14-9-6-8-13(15)12(14)10-17-3/h6,8-9,11,16H,4-5,7,10H2,1-3H3. The van der Waals surface area contributed by atoms with Crippen molar-refractivity contribution in [3.63, 3.8) is 0 Å². The summed E-state index contributed by atoms with van der Waals surface area (Å²) in [7, 11) is 1.73. The first kappa shape index (κ1) is 14.5. The predicted octanol–water partition coefficient (Wildman–Crippen LogP) is 4.59. The average Bonchev–Trinajstić information content (AvgIpc) is 2.33. The first-order valence-electron chi connectivity index (χ1n) is 6.25. The minimum atomic E-state index is 0.546. The highest BCUT2D eigenvalue weighted by molar-refractivity contribution is 9.10. The van der Waals surface area contributed by atoms with Gasteiger partial charge in [0.25, 0.3) is 0 Å². The van der Waals surface area contributed by atoms with Crippen LogP contribution in [0, 0.1) is 0 Å². The summed E-state index contributed by atoms with van der Waals surface area (Å²) in [5, 5.41) is 3.61. The van der Waals surface area contributed by atoms with E-state index in [4.69, 9.17) is 4.74 Å². The molecule has 3 heteroatoms. The molecular formula is C14H22BrNO. The van der Waals surface area contributed by atoms with E-state index < -0.39 is 0 Å². The SMILES string of the molecule is CCCC(CC)Nc1cccc(Br)c1COC. The Labute approximate surface area is 113 Å². The van der Waals surface area contributed by atoms with E-state index in [1.54, 1.807) is 7.11 Å². The van der Waals surface area contributed by atoms with Crippen molar-refractivity contribution in [2.45, 2.75) is 45.8 Å². The van der Waals surface area contributed by atoms with Crippen LogP contribution >= 0.6 is 15.9 Å². The highest BCUT2D eigenvalue weighted by Crippen LogP contribution is 2.26. The number of nitrogens with one attached hydrogen (secondary N) is 1. The average molecular weight is 300 g/mol. The molecule has 1 rings (SSSR count). The number of benzene rings is 1. The number of methoxy groups -OCH3 is 1. The normalized spacial score (nSPS) is 12.5. The Balaban J connectivity index is 2.84. The van der Waals surface area contributed by atoms with Crippen LogP contribution in [0.25, 0.3) is 0 Å². The van der Waals surface area contributed by atoms with Crippen LogP contribution in [0.4, 0.5) is 5.69 Å². The van der Waals surface area contributed by atoms with E-state index >= 15 is 0 Å². The molecule has 1 unspecified atom stereocenters. The Hall–Kier alpha value is -0.540. The summed E-state index contributed by atoms with van der Waals surface area (Å²) in [4.78, 5) is 0. The van der Waals surface area contributed by atoms with E-state index in [9.17, 15) is 0 Å². The molecule has 0 heterocycles. The van der Waals surface area contributed by atoms with Gasteiger partial charge in [0.2, 0.25) is 0 Å². The number of halogens is 1. The molecule has 0 aliphatic rings. The summed E-state index contributed by atoms with van der Waals surface area (Å²) in [6.45, 7) is 5.08. The summed E-state index contributed by atoms with van der Waals surface area (Å²) in [5.41, 5.74) is 2.38. The van der Waals surface area contributed by atoms with E-state index in [-0.39, 0.29) is 0 Å². The van der Waals surface area contributed by atoms with Crippen molar-refractivity contribution >= 4 is 21.6 Å². The lowest BCUT2D eigenvalue weighted by Gasteiger charge is -2.20. The molecule has 1 aromatic carbocycles. The topological polar surface area (TPSA) is 21.3 Å². The maximum absolute atomic E-state index is 5.25. The molecule has 0 aliphatic heterocycles. The smallest absolute Gasteiger partial charge is 0.0744 e. The lowest BCUT2D eigenvalue weighted by atomic mass is 10.1. The molecule has 1 N–H and O–H groups in total. The Kier molecular flexibility index (Phi) is 6.60. The van der Waals surface area contributed by atoms with Crippen LogP contribution in [0.3, 0.4) is 0 Å². The molecule has 1 atom stereocenters. The molecule has 0 fully saturated rings. The minimum Gasteiger partial charge on any atom is -0.382 e. The van der Waals surface area contributed by atoms with E-state index in [0.717, 1.165) is 10.9 Å². The second-order valence-electron chi connectivity index (χ2n) is 4.24. The molecule has 2 nitrogen and oxygen atoms in total. The third kappa shape index (κ3) is 4.32. The monoisotopic (exact) mass is 299 g/mol. The zero-order valence-corrected chi connectivity index (χ0v) is 12.5. The van der Waals surface area contributed by atoms with Crippen LogP contribution in [0.15, 0.2) is 22.7 Å². The summed E-state index contributed by atoms with van der Waals surface area (Å²) in [6.07, 6.45) is 3.56. The first-order valence-corrected chi connectivity index (χ1v) is 7.05. The highest BCUT2D eigenvalue weighted by atomic mass is 79.9. The van der Waals surface area contributed by atoms with Crippen molar-refractivity contribution in [1.82, 2.24) is 0 Å². The third-order valence-corrected chi connectivity index (χ3v) is 3.64. The number of hydrogen-bond acceptors (Lipinski definition) is 2. The van der Waals surface area contributed by atoms with Crippen molar-refractivity contribution in [3.8, 4) is 0 Å². The summed E-state index contributed by atoms with van der Waals surface area (Å²) < 4.78 is 6.36. The molecule has 0 spiro atoms. The van der Waals surface area contributed by atoms with Gasteiger partial charge in [-0.25, -0.2) is 0 Å². The van der Waals surface area contributed by atoms with Gasteiger partial charge in [0, 0.05) is 28.9 Å². The van der Waals surface area contributed by atoms with Gasteiger partial charge in [-0.3, -0.25) is 0 Å². The molecular weight excluding hydrogens is 278 g/mol. The third-order valence-electron chi connectivity index (χ3n) is 2.90. The van der Waals surface area contributed by atoms with E-state index in [1.807, 2.05) is 0 Å². The molecule has 0 saturated carbocycles. The molecule has 96 valence electrons. The van der Waals surface area contributed by atoms with E-state index in [2.05, 4.69) is 53.3 Å². The summed E-state index contributed by atoms with van der Waals surface area (Å²) in [6, 6.07) is 6.78. The van der Waals surface area contributed by atoms with Gasteiger partial charge in [-0.05, 0) is 25.0 Å². The van der Waals surface area contributed by atoms with E-state index in [1.165, 1.54) is 24.1 Å². The van der Waals surface area contributed by atoms with Gasteiger partial charge in [-0.2, -0.15) is 0 Å². The van der Waals surface area contributed by atoms with Crippen LogP contribution in [0.2, 0.25) is 0 Å². The Morgan fingerprint density at radius 3 is 2.71 bits per heavy atom. The van der Waals surface area contributed by atoms with E-state index in [0.29, 0.717) is 12.6 Å². The largest absolute Gasteiger partial charge is 0.382 e. The Bertz CT molecular complexity index is 341. The van der Waals surface area contributed by atoms with Gasteiger partial charge < -0.3 is 10.1 Å². The number of anilines is 1. The maximum Gasteiger partial charge on any atom is 0.0744 e. The highest BCUT2D eigenvalue weighted by Gasteiger charge is 2.10. The maximum atomic E-state index is 5.25. The molecule has 0 saturated heterocycles. The lowest BCUT2D eigenvalue weighted by Crippen LogP contribution is -2.19. The van der Waals surface area contributed by atoms with Gasteiger partial charge >= 0.3 is 0 Å². The summed E-state index contributed by atoms with van der Waals surface area (Å²) in [5.74, 6) is 0. The Morgan fingerprint density at radius 1 is 1.35 bits per heavy atom. The van der Waals surface area contributed by atoms with Crippen molar-refractivity contribution in [2.24, 2.45) is 0 Å². The minimum absolute atomic E-state index is 0.546. The quantitative estimate of drug-likeness (QED) is 0.795. The number of rotatable bonds is 7. The fraction of sp³-hybridized carbons (Fsp3) is 0.571. The molecule has 0 aliphatic carbocycles.